The van der Waals surface area contributed by atoms with E-state index in [9.17, 15) is 0 Å². The first-order valence-electron chi connectivity index (χ1n) is 9.44. The van der Waals surface area contributed by atoms with Crippen LogP contribution >= 0.6 is 0 Å². The Balaban J connectivity index is 1.75. The van der Waals surface area contributed by atoms with Crippen molar-refractivity contribution in [3.8, 4) is 11.1 Å². The molecule has 0 aliphatic carbocycles. The van der Waals surface area contributed by atoms with Gasteiger partial charge in [0.15, 0.2) is 0 Å². The van der Waals surface area contributed by atoms with Crippen LogP contribution in [0.25, 0.3) is 11.1 Å². The molecule has 1 fully saturated rings. The van der Waals surface area contributed by atoms with Crippen molar-refractivity contribution in [3.05, 3.63) is 72.8 Å². The van der Waals surface area contributed by atoms with Crippen molar-refractivity contribution in [1.82, 2.24) is 0 Å². The molecule has 0 aromatic heterocycles. The lowest BCUT2D eigenvalue weighted by Crippen LogP contribution is -2.41. The van der Waals surface area contributed by atoms with E-state index < -0.39 is 0 Å². The number of benzene rings is 2. The van der Waals surface area contributed by atoms with E-state index in [1.807, 2.05) is 12.1 Å². The molecule has 26 heavy (non-hydrogen) atoms. The second-order valence-electron chi connectivity index (χ2n) is 8.13. The summed E-state index contributed by atoms with van der Waals surface area (Å²) >= 11 is 0. The minimum atomic E-state index is -0.284. The minimum Gasteiger partial charge on any atom is -0.403 e. The smallest absolute Gasteiger partial charge is 0.403 e. The van der Waals surface area contributed by atoms with Crippen LogP contribution in [0.1, 0.15) is 45.6 Å². The van der Waals surface area contributed by atoms with Crippen molar-refractivity contribution in [2.24, 2.45) is 0 Å². The molecular weight excluding hydrogens is 319 g/mol. The fourth-order valence-corrected chi connectivity index (χ4v) is 3.44. The molecule has 1 saturated heterocycles. The standard InChI is InChI=1S/C23H29BO2/c1-6-10-21(17-24-25-22(2,3)23(4,5)26-24)20-15-13-19(14-16-20)18-11-8-7-9-12-18/h6-9,11-16,21H,1,10,17H2,2-5H3/t21-/m1/s1. The molecular formula is C23H29BO2. The number of hydrogen-bond donors (Lipinski definition) is 0. The Labute approximate surface area is 158 Å². The Hall–Kier alpha value is -1.84. The molecule has 0 saturated carbocycles. The molecule has 1 aliphatic heterocycles. The average Bonchev–Trinajstić information content (AvgIpc) is 2.82. The Morgan fingerprint density at radius 3 is 1.96 bits per heavy atom. The van der Waals surface area contributed by atoms with E-state index in [2.05, 4.69) is 82.8 Å². The van der Waals surface area contributed by atoms with E-state index in [0.29, 0.717) is 5.92 Å². The zero-order valence-electron chi connectivity index (χ0n) is 16.4. The van der Waals surface area contributed by atoms with E-state index >= 15 is 0 Å². The fraction of sp³-hybridized carbons (Fsp3) is 0.391. The first kappa shape index (κ1) is 18.9. The van der Waals surface area contributed by atoms with Crippen molar-refractivity contribution in [3.63, 3.8) is 0 Å². The molecule has 1 heterocycles. The van der Waals surface area contributed by atoms with E-state index in [0.717, 1.165) is 12.7 Å². The number of hydrogen-bond acceptors (Lipinski definition) is 2. The van der Waals surface area contributed by atoms with E-state index in [4.69, 9.17) is 9.31 Å². The molecule has 2 aromatic carbocycles. The zero-order chi connectivity index (χ0) is 18.8. The molecule has 136 valence electrons. The summed E-state index contributed by atoms with van der Waals surface area (Å²) in [6.07, 6.45) is 3.74. The molecule has 2 aromatic rings. The largest absolute Gasteiger partial charge is 0.458 e. The second-order valence-corrected chi connectivity index (χ2v) is 8.13. The Morgan fingerprint density at radius 1 is 0.885 bits per heavy atom. The summed E-state index contributed by atoms with van der Waals surface area (Å²) in [5, 5.41) is 0. The van der Waals surface area contributed by atoms with Crippen molar-refractivity contribution < 1.29 is 9.31 Å². The van der Waals surface area contributed by atoms with Gasteiger partial charge in [-0.3, -0.25) is 0 Å². The number of allylic oxidation sites excluding steroid dienone is 1. The Kier molecular flexibility index (Phi) is 5.41. The summed E-state index contributed by atoms with van der Waals surface area (Å²) in [5.41, 5.74) is 3.22. The highest BCUT2D eigenvalue weighted by Gasteiger charge is 2.51. The van der Waals surface area contributed by atoms with E-state index in [1.54, 1.807) is 0 Å². The summed E-state index contributed by atoms with van der Waals surface area (Å²) in [5.74, 6) is 0.340. The quantitative estimate of drug-likeness (QED) is 0.463. The van der Waals surface area contributed by atoms with Gasteiger partial charge in [-0.1, -0.05) is 60.7 Å². The van der Waals surface area contributed by atoms with Crippen LogP contribution in [0.15, 0.2) is 67.3 Å². The first-order chi connectivity index (χ1) is 12.3. The van der Waals surface area contributed by atoms with Gasteiger partial charge in [-0.05, 0) is 63.0 Å². The van der Waals surface area contributed by atoms with Crippen LogP contribution in [0.4, 0.5) is 0 Å². The maximum Gasteiger partial charge on any atom is 0.458 e. The van der Waals surface area contributed by atoms with Gasteiger partial charge in [0.25, 0.3) is 0 Å². The summed E-state index contributed by atoms with van der Waals surface area (Å²) in [6.45, 7) is 12.3. The highest BCUT2D eigenvalue weighted by Crippen LogP contribution is 2.40. The third kappa shape index (κ3) is 3.95. The normalized spacial score (nSPS) is 19.3. The van der Waals surface area contributed by atoms with Crippen LogP contribution in [-0.2, 0) is 9.31 Å². The van der Waals surface area contributed by atoms with Crippen LogP contribution in [0.5, 0.6) is 0 Å². The van der Waals surface area contributed by atoms with Gasteiger partial charge in [0.05, 0.1) is 11.2 Å². The maximum atomic E-state index is 6.20. The lowest BCUT2D eigenvalue weighted by atomic mass is 9.73. The summed E-state index contributed by atoms with van der Waals surface area (Å²) < 4.78 is 12.4. The van der Waals surface area contributed by atoms with Gasteiger partial charge in [0.1, 0.15) is 0 Å². The van der Waals surface area contributed by atoms with Gasteiger partial charge in [0.2, 0.25) is 0 Å². The van der Waals surface area contributed by atoms with Gasteiger partial charge < -0.3 is 9.31 Å². The van der Waals surface area contributed by atoms with E-state index in [-0.39, 0.29) is 18.3 Å². The lowest BCUT2D eigenvalue weighted by molar-refractivity contribution is 0.00578. The molecule has 0 spiro atoms. The monoisotopic (exact) mass is 348 g/mol. The van der Waals surface area contributed by atoms with Gasteiger partial charge in [-0.2, -0.15) is 0 Å². The molecule has 0 unspecified atom stereocenters. The highest BCUT2D eigenvalue weighted by molar-refractivity contribution is 6.45. The third-order valence-corrected chi connectivity index (χ3v) is 5.72. The third-order valence-electron chi connectivity index (χ3n) is 5.72. The summed E-state index contributed by atoms with van der Waals surface area (Å²) in [4.78, 5) is 0. The lowest BCUT2D eigenvalue weighted by Gasteiger charge is -2.32. The van der Waals surface area contributed by atoms with Crippen molar-refractivity contribution in [2.45, 2.75) is 57.6 Å². The predicted octanol–water partition coefficient (Wildman–Crippen LogP) is 6.11. The van der Waals surface area contributed by atoms with Crippen molar-refractivity contribution in [2.75, 3.05) is 0 Å². The van der Waals surface area contributed by atoms with Crippen LogP contribution in [0.3, 0.4) is 0 Å². The van der Waals surface area contributed by atoms with Crippen molar-refractivity contribution >= 4 is 7.12 Å². The fourth-order valence-electron chi connectivity index (χ4n) is 3.44. The molecule has 0 N–H and O–H groups in total. The van der Waals surface area contributed by atoms with Gasteiger partial charge in [-0.15, -0.1) is 6.58 Å². The zero-order valence-corrected chi connectivity index (χ0v) is 16.4. The van der Waals surface area contributed by atoms with Crippen LogP contribution in [0.2, 0.25) is 6.32 Å². The molecule has 0 bridgehead atoms. The maximum absolute atomic E-state index is 6.20. The van der Waals surface area contributed by atoms with Crippen molar-refractivity contribution in [1.29, 1.82) is 0 Å². The molecule has 1 aliphatic rings. The van der Waals surface area contributed by atoms with E-state index in [1.165, 1.54) is 16.7 Å². The van der Waals surface area contributed by atoms with Crippen LogP contribution < -0.4 is 0 Å². The van der Waals surface area contributed by atoms with Gasteiger partial charge in [-0.25, -0.2) is 0 Å². The first-order valence-corrected chi connectivity index (χ1v) is 9.44. The van der Waals surface area contributed by atoms with Crippen LogP contribution in [-0.4, -0.2) is 18.3 Å². The summed E-state index contributed by atoms with van der Waals surface area (Å²) in [6, 6.07) is 19.3. The molecule has 3 rings (SSSR count). The van der Waals surface area contributed by atoms with Gasteiger partial charge >= 0.3 is 7.12 Å². The summed E-state index contributed by atoms with van der Waals surface area (Å²) in [7, 11) is -0.182. The molecule has 0 radical (unpaired) electrons. The van der Waals surface area contributed by atoms with Gasteiger partial charge in [0, 0.05) is 0 Å². The average molecular weight is 348 g/mol. The second kappa shape index (κ2) is 7.42. The Morgan fingerprint density at radius 2 is 1.42 bits per heavy atom. The molecule has 3 heteroatoms. The highest BCUT2D eigenvalue weighted by atomic mass is 16.7. The predicted molar refractivity (Wildman–Crippen MR) is 110 cm³/mol. The Bertz CT molecular complexity index is 719. The van der Waals surface area contributed by atoms with Crippen LogP contribution in [0, 0.1) is 0 Å². The molecule has 0 amide bonds. The molecule has 2 nitrogen and oxygen atoms in total. The number of rotatable bonds is 6. The topological polar surface area (TPSA) is 18.5 Å². The minimum absolute atomic E-state index is 0.182. The molecule has 1 atom stereocenters. The SMILES string of the molecule is C=CC[C@H](CB1OC(C)(C)C(C)(C)O1)c1ccc(-c2ccccc2)cc1.